The van der Waals surface area contributed by atoms with Crippen molar-refractivity contribution < 1.29 is 9.53 Å². The molecule has 0 saturated heterocycles. The molecular weight excluding hydrogens is 404 g/mol. The molecule has 0 aliphatic carbocycles. The summed E-state index contributed by atoms with van der Waals surface area (Å²) in [5.74, 6) is 0.587. The van der Waals surface area contributed by atoms with Gasteiger partial charge in [-0.3, -0.25) is 14.7 Å². The second-order valence-corrected chi connectivity index (χ2v) is 7.88. The minimum atomic E-state index is -0.204. The van der Waals surface area contributed by atoms with Crippen molar-refractivity contribution in [1.82, 2.24) is 14.5 Å². The molecule has 8 heteroatoms. The predicted octanol–water partition coefficient (Wildman–Crippen LogP) is 5.23. The molecule has 0 spiro atoms. The van der Waals surface area contributed by atoms with Crippen LogP contribution in [0.4, 0.5) is 5.13 Å². The summed E-state index contributed by atoms with van der Waals surface area (Å²) >= 11 is 6.67. The highest BCUT2D eigenvalue weighted by molar-refractivity contribution is 7.71. The zero-order chi connectivity index (χ0) is 20.4. The van der Waals surface area contributed by atoms with E-state index in [0.29, 0.717) is 15.5 Å². The lowest BCUT2D eigenvalue weighted by atomic mass is 10.1. The number of rotatable bonds is 5. The second-order valence-electron chi connectivity index (χ2n) is 6.29. The maximum Gasteiger partial charge on any atom is 0.257 e. The van der Waals surface area contributed by atoms with Crippen molar-refractivity contribution in [2.24, 2.45) is 0 Å². The van der Waals surface area contributed by atoms with Gasteiger partial charge in [0, 0.05) is 34.1 Å². The molecule has 0 bridgehead atoms. The van der Waals surface area contributed by atoms with Crippen LogP contribution in [0.2, 0.25) is 0 Å². The van der Waals surface area contributed by atoms with Crippen LogP contribution in [0, 0.1) is 11.7 Å². The minimum absolute atomic E-state index is 0.204. The van der Waals surface area contributed by atoms with E-state index >= 15 is 0 Å². The Balaban J connectivity index is 1.51. The van der Waals surface area contributed by atoms with Gasteiger partial charge >= 0.3 is 0 Å². The standard InChI is InChI=1S/C21H18N4O2S2/c1-13-18(14-5-9-17(27-2)10-6-14)23-20(29-13)24-19(26)15-3-7-16(8-4-15)25-12-11-22-21(25)28/h3-12H,1-2H3,(H,22,28)(H,23,24,26). The summed E-state index contributed by atoms with van der Waals surface area (Å²) < 4.78 is 7.64. The molecule has 1 amide bonds. The Morgan fingerprint density at radius 1 is 1.17 bits per heavy atom. The van der Waals surface area contributed by atoms with Crippen molar-refractivity contribution in [3.8, 4) is 22.7 Å². The summed E-state index contributed by atoms with van der Waals surface area (Å²) in [6.45, 7) is 1.99. The van der Waals surface area contributed by atoms with Crippen LogP contribution in [0.5, 0.6) is 5.75 Å². The van der Waals surface area contributed by atoms with Gasteiger partial charge in [-0.1, -0.05) is 0 Å². The largest absolute Gasteiger partial charge is 0.497 e. The number of benzene rings is 2. The van der Waals surface area contributed by atoms with Crippen molar-refractivity contribution in [3.05, 3.63) is 76.1 Å². The van der Waals surface area contributed by atoms with E-state index in [2.05, 4.69) is 15.3 Å². The number of aryl methyl sites for hydroxylation is 1. The molecule has 0 atom stereocenters. The number of H-pyrrole nitrogens is 1. The van der Waals surface area contributed by atoms with E-state index in [1.54, 1.807) is 25.4 Å². The highest BCUT2D eigenvalue weighted by Gasteiger charge is 2.13. The number of carbonyl (C=O) groups is 1. The van der Waals surface area contributed by atoms with Gasteiger partial charge in [0.1, 0.15) is 5.75 Å². The molecule has 2 N–H and O–H groups in total. The first kappa shape index (κ1) is 19.1. The molecule has 29 heavy (non-hydrogen) atoms. The molecule has 146 valence electrons. The van der Waals surface area contributed by atoms with Gasteiger partial charge in [0.2, 0.25) is 0 Å². The monoisotopic (exact) mass is 422 g/mol. The quantitative estimate of drug-likeness (QED) is 0.432. The smallest absolute Gasteiger partial charge is 0.257 e. The molecule has 0 saturated carbocycles. The van der Waals surface area contributed by atoms with Crippen LogP contribution in [-0.4, -0.2) is 27.6 Å². The normalized spacial score (nSPS) is 10.7. The molecule has 0 radical (unpaired) electrons. The Morgan fingerprint density at radius 3 is 2.52 bits per heavy atom. The first-order chi connectivity index (χ1) is 14.0. The summed E-state index contributed by atoms with van der Waals surface area (Å²) in [5, 5.41) is 3.45. The first-order valence-electron chi connectivity index (χ1n) is 8.85. The van der Waals surface area contributed by atoms with Crippen LogP contribution >= 0.6 is 23.6 Å². The molecule has 2 aromatic carbocycles. The summed E-state index contributed by atoms with van der Waals surface area (Å²) in [6, 6.07) is 14.9. The Kier molecular flexibility index (Phi) is 5.28. The van der Waals surface area contributed by atoms with Crippen LogP contribution in [0.25, 0.3) is 16.9 Å². The lowest BCUT2D eigenvalue weighted by Gasteiger charge is -2.05. The minimum Gasteiger partial charge on any atom is -0.497 e. The lowest BCUT2D eigenvalue weighted by molar-refractivity contribution is 0.102. The van der Waals surface area contributed by atoms with E-state index in [1.807, 2.05) is 54.1 Å². The Morgan fingerprint density at radius 2 is 1.90 bits per heavy atom. The topological polar surface area (TPSA) is 71.9 Å². The highest BCUT2D eigenvalue weighted by atomic mass is 32.1. The first-order valence-corrected chi connectivity index (χ1v) is 10.1. The zero-order valence-electron chi connectivity index (χ0n) is 15.8. The molecule has 6 nitrogen and oxygen atoms in total. The van der Waals surface area contributed by atoms with Crippen LogP contribution in [-0.2, 0) is 0 Å². The van der Waals surface area contributed by atoms with Crippen LogP contribution in [0.3, 0.4) is 0 Å². The van der Waals surface area contributed by atoms with E-state index < -0.39 is 0 Å². The number of aromatic nitrogens is 3. The van der Waals surface area contributed by atoms with Gasteiger partial charge in [0.25, 0.3) is 5.91 Å². The number of anilines is 1. The fraction of sp³-hybridized carbons (Fsp3) is 0.0952. The van der Waals surface area contributed by atoms with Gasteiger partial charge in [-0.2, -0.15) is 0 Å². The molecule has 2 aromatic heterocycles. The van der Waals surface area contributed by atoms with Gasteiger partial charge in [-0.15, -0.1) is 11.3 Å². The van der Waals surface area contributed by atoms with Gasteiger partial charge in [0.15, 0.2) is 9.90 Å². The molecular formula is C21H18N4O2S2. The summed E-state index contributed by atoms with van der Waals surface area (Å²) in [4.78, 5) is 21.2. The van der Waals surface area contributed by atoms with Gasteiger partial charge in [0.05, 0.1) is 12.8 Å². The summed E-state index contributed by atoms with van der Waals surface area (Å²) in [6.07, 6.45) is 3.62. The fourth-order valence-electron chi connectivity index (χ4n) is 2.93. The predicted molar refractivity (Wildman–Crippen MR) is 118 cm³/mol. The third-order valence-electron chi connectivity index (χ3n) is 4.44. The van der Waals surface area contributed by atoms with Gasteiger partial charge in [-0.25, -0.2) is 4.98 Å². The Labute approximate surface area is 176 Å². The molecule has 0 unspecified atom stereocenters. The number of hydrogen-bond acceptors (Lipinski definition) is 5. The summed E-state index contributed by atoms with van der Waals surface area (Å²) in [7, 11) is 1.64. The molecule has 0 aliphatic heterocycles. The maximum absolute atomic E-state index is 12.6. The average molecular weight is 423 g/mol. The number of thiazole rings is 1. The van der Waals surface area contributed by atoms with Gasteiger partial charge < -0.3 is 9.72 Å². The number of nitrogens with zero attached hydrogens (tertiary/aromatic N) is 2. The second kappa shape index (κ2) is 8.02. The van der Waals surface area contributed by atoms with E-state index in [9.17, 15) is 4.79 Å². The van der Waals surface area contributed by atoms with Crippen molar-refractivity contribution in [1.29, 1.82) is 0 Å². The highest BCUT2D eigenvalue weighted by Crippen LogP contribution is 2.31. The number of hydrogen-bond donors (Lipinski definition) is 2. The third kappa shape index (κ3) is 3.98. The number of carbonyl (C=O) groups excluding carboxylic acids is 1. The number of nitrogens with one attached hydrogen (secondary N) is 2. The Hall–Kier alpha value is -3.23. The molecule has 2 heterocycles. The third-order valence-corrected chi connectivity index (χ3v) is 5.64. The van der Waals surface area contributed by atoms with Crippen molar-refractivity contribution in [2.75, 3.05) is 12.4 Å². The van der Waals surface area contributed by atoms with Crippen LogP contribution in [0.1, 0.15) is 15.2 Å². The number of ether oxygens (including phenoxy) is 1. The van der Waals surface area contributed by atoms with E-state index in [1.165, 1.54) is 11.3 Å². The van der Waals surface area contributed by atoms with E-state index in [0.717, 1.165) is 27.6 Å². The van der Waals surface area contributed by atoms with Gasteiger partial charge in [-0.05, 0) is 67.7 Å². The zero-order valence-corrected chi connectivity index (χ0v) is 17.4. The number of aromatic amines is 1. The Bertz CT molecular complexity index is 1200. The van der Waals surface area contributed by atoms with Crippen molar-refractivity contribution in [2.45, 2.75) is 6.92 Å². The van der Waals surface area contributed by atoms with E-state index in [-0.39, 0.29) is 5.91 Å². The molecule has 4 aromatic rings. The van der Waals surface area contributed by atoms with Crippen LogP contribution < -0.4 is 10.1 Å². The fourth-order valence-corrected chi connectivity index (χ4v) is 4.00. The summed E-state index contributed by atoms with van der Waals surface area (Å²) in [5.41, 5.74) is 3.27. The number of amides is 1. The number of imidazole rings is 1. The molecule has 0 aliphatic rings. The van der Waals surface area contributed by atoms with Crippen molar-refractivity contribution in [3.63, 3.8) is 0 Å². The SMILES string of the molecule is COc1ccc(-c2nc(NC(=O)c3ccc(-n4cc[nH]c4=S)cc3)sc2C)cc1. The molecule has 4 rings (SSSR count). The van der Waals surface area contributed by atoms with Crippen LogP contribution in [0.15, 0.2) is 60.9 Å². The lowest BCUT2D eigenvalue weighted by Crippen LogP contribution is -2.11. The molecule has 0 fully saturated rings. The number of methoxy groups -OCH3 is 1. The maximum atomic E-state index is 12.6. The average Bonchev–Trinajstić information content (AvgIpc) is 3.33. The van der Waals surface area contributed by atoms with E-state index in [4.69, 9.17) is 17.0 Å². The van der Waals surface area contributed by atoms with Crippen molar-refractivity contribution >= 4 is 34.6 Å².